The number of rotatable bonds is 3. The third kappa shape index (κ3) is 2.96. The van der Waals surface area contributed by atoms with Crippen LogP contribution >= 0.6 is 27.5 Å². The second-order valence-electron chi connectivity index (χ2n) is 3.09. The number of hydrogen-bond donors (Lipinski definition) is 0. The summed E-state index contributed by atoms with van der Waals surface area (Å²) in [7, 11) is 0. The Kier molecular flexibility index (Phi) is 4.20. The van der Waals surface area contributed by atoms with Crippen LogP contribution in [0.4, 0.5) is 0 Å². The molecule has 0 radical (unpaired) electrons. The zero-order valence-corrected chi connectivity index (χ0v) is 10.1. The fourth-order valence-electron chi connectivity index (χ4n) is 1.38. The molecule has 0 aliphatic carbocycles. The van der Waals surface area contributed by atoms with E-state index in [1.54, 1.807) is 0 Å². The molecule has 0 spiro atoms. The van der Waals surface area contributed by atoms with Crippen molar-refractivity contribution in [1.82, 2.24) is 4.98 Å². The monoisotopic (exact) mass is 261 g/mol. The summed E-state index contributed by atoms with van der Waals surface area (Å²) in [6.45, 7) is 4.15. The Morgan fingerprint density at radius 3 is 2.62 bits per heavy atom. The van der Waals surface area contributed by atoms with E-state index in [2.05, 4.69) is 27.8 Å². The molecule has 0 aromatic carbocycles. The van der Waals surface area contributed by atoms with Gasteiger partial charge in [-0.05, 0) is 41.4 Å². The van der Waals surface area contributed by atoms with Crippen molar-refractivity contribution in [2.24, 2.45) is 0 Å². The average molecular weight is 263 g/mol. The van der Waals surface area contributed by atoms with E-state index in [0.717, 1.165) is 16.6 Å². The van der Waals surface area contributed by atoms with E-state index >= 15 is 0 Å². The largest absolute Gasteiger partial charge is 0.260 e. The average Bonchev–Trinajstić information content (AvgIpc) is 2.09. The van der Waals surface area contributed by atoms with Crippen LogP contribution in [0.2, 0.25) is 0 Å². The van der Waals surface area contributed by atoms with E-state index in [0.29, 0.717) is 5.92 Å². The van der Waals surface area contributed by atoms with Crippen LogP contribution in [0.5, 0.6) is 0 Å². The van der Waals surface area contributed by atoms with Crippen molar-refractivity contribution >= 4 is 27.5 Å². The van der Waals surface area contributed by atoms with E-state index in [9.17, 15) is 0 Å². The molecule has 0 saturated carbocycles. The van der Waals surface area contributed by atoms with Crippen molar-refractivity contribution in [2.45, 2.75) is 31.6 Å². The summed E-state index contributed by atoms with van der Waals surface area (Å²) in [6, 6.07) is 4.03. The van der Waals surface area contributed by atoms with Crippen LogP contribution < -0.4 is 0 Å². The summed E-state index contributed by atoms with van der Waals surface area (Å²) in [6.07, 6.45) is 2.84. The number of pyridine rings is 1. The molecule has 1 aromatic heterocycles. The Balaban J connectivity index is 2.86. The minimum atomic E-state index is 0.138. The van der Waals surface area contributed by atoms with E-state index in [1.807, 2.05) is 25.3 Å². The predicted molar refractivity (Wildman–Crippen MR) is 60.3 cm³/mol. The molecule has 1 aromatic rings. The third-order valence-electron chi connectivity index (χ3n) is 2.12. The molecular formula is C10H13BrClN. The van der Waals surface area contributed by atoms with Gasteiger partial charge in [-0.1, -0.05) is 6.92 Å². The van der Waals surface area contributed by atoms with Crippen LogP contribution in [0.25, 0.3) is 0 Å². The highest BCUT2D eigenvalue weighted by molar-refractivity contribution is 9.10. The first kappa shape index (κ1) is 11.0. The number of aromatic nitrogens is 1. The van der Waals surface area contributed by atoms with Crippen molar-refractivity contribution in [3.8, 4) is 0 Å². The topological polar surface area (TPSA) is 12.9 Å². The maximum absolute atomic E-state index is 6.07. The van der Waals surface area contributed by atoms with Crippen LogP contribution in [0.15, 0.2) is 22.8 Å². The van der Waals surface area contributed by atoms with E-state index in [1.165, 1.54) is 0 Å². The first-order valence-corrected chi connectivity index (χ1v) is 5.63. The second kappa shape index (κ2) is 4.97. The number of alkyl halides is 1. The van der Waals surface area contributed by atoms with Gasteiger partial charge in [0.05, 0.1) is 0 Å². The molecule has 2 unspecified atom stereocenters. The minimum absolute atomic E-state index is 0.138. The van der Waals surface area contributed by atoms with Crippen molar-refractivity contribution in [3.05, 3.63) is 28.5 Å². The van der Waals surface area contributed by atoms with Gasteiger partial charge in [0.25, 0.3) is 0 Å². The molecule has 2 atom stereocenters. The molecule has 0 saturated heterocycles. The van der Waals surface area contributed by atoms with Gasteiger partial charge in [0.15, 0.2) is 0 Å². The SMILES string of the molecule is CCC(c1ccc(Br)cn1)C(C)Cl. The Morgan fingerprint density at radius 1 is 1.54 bits per heavy atom. The van der Waals surface area contributed by atoms with Gasteiger partial charge >= 0.3 is 0 Å². The quantitative estimate of drug-likeness (QED) is 0.751. The number of hydrogen-bond acceptors (Lipinski definition) is 1. The molecule has 1 rings (SSSR count). The van der Waals surface area contributed by atoms with Gasteiger partial charge < -0.3 is 0 Å². The zero-order chi connectivity index (χ0) is 9.84. The van der Waals surface area contributed by atoms with Crippen molar-refractivity contribution in [2.75, 3.05) is 0 Å². The van der Waals surface area contributed by atoms with Gasteiger partial charge in [-0.15, -0.1) is 11.6 Å². The lowest BCUT2D eigenvalue weighted by Crippen LogP contribution is -2.09. The molecule has 0 aliphatic rings. The molecule has 0 N–H and O–H groups in total. The zero-order valence-electron chi connectivity index (χ0n) is 7.80. The van der Waals surface area contributed by atoms with Crippen molar-refractivity contribution in [3.63, 3.8) is 0 Å². The van der Waals surface area contributed by atoms with Crippen molar-refractivity contribution in [1.29, 1.82) is 0 Å². The van der Waals surface area contributed by atoms with Gasteiger partial charge in [0.2, 0.25) is 0 Å². The molecule has 0 bridgehead atoms. The molecule has 0 amide bonds. The Labute approximate surface area is 92.6 Å². The van der Waals surface area contributed by atoms with Crippen LogP contribution in [0.1, 0.15) is 31.9 Å². The molecule has 0 aliphatic heterocycles. The van der Waals surface area contributed by atoms with Crippen molar-refractivity contribution < 1.29 is 0 Å². The molecule has 3 heteroatoms. The summed E-state index contributed by atoms with van der Waals surface area (Å²) in [5.41, 5.74) is 1.08. The summed E-state index contributed by atoms with van der Waals surface area (Å²) in [4.78, 5) is 4.34. The van der Waals surface area contributed by atoms with Gasteiger partial charge in [-0.3, -0.25) is 4.98 Å². The Bertz CT molecular complexity index is 258. The molecule has 1 heterocycles. The van der Waals surface area contributed by atoms with Gasteiger partial charge in [0, 0.05) is 27.7 Å². The van der Waals surface area contributed by atoms with E-state index in [-0.39, 0.29) is 5.38 Å². The third-order valence-corrected chi connectivity index (χ3v) is 2.90. The lowest BCUT2D eigenvalue weighted by atomic mass is 9.98. The molecule has 72 valence electrons. The highest BCUT2D eigenvalue weighted by Gasteiger charge is 2.15. The summed E-state index contributed by atoms with van der Waals surface area (Å²) < 4.78 is 1.01. The number of nitrogens with zero attached hydrogens (tertiary/aromatic N) is 1. The lowest BCUT2D eigenvalue weighted by Gasteiger charge is -2.16. The number of halogens is 2. The first-order valence-electron chi connectivity index (χ1n) is 4.40. The van der Waals surface area contributed by atoms with Gasteiger partial charge in [0.1, 0.15) is 0 Å². The molecule has 0 fully saturated rings. The maximum atomic E-state index is 6.07. The highest BCUT2D eigenvalue weighted by atomic mass is 79.9. The van der Waals surface area contributed by atoms with Crippen LogP contribution in [0.3, 0.4) is 0 Å². The smallest absolute Gasteiger partial charge is 0.0449 e. The summed E-state index contributed by atoms with van der Waals surface area (Å²) >= 11 is 9.42. The predicted octanol–water partition coefficient (Wildman–Crippen LogP) is 3.97. The molecule has 13 heavy (non-hydrogen) atoms. The Morgan fingerprint density at radius 2 is 2.23 bits per heavy atom. The van der Waals surface area contributed by atoms with Gasteiger partial charge in [-0.25, -0.2) is 0 Å². The lowest BCUT2D eigenvalue weighted by molar-refractivity contribution is 0.630. The Hall–Kier alpha value is -0.0800. The fraction of sp³-hybridized carbons (Fsp3) is 0.500. The minimum Gasteiger partial charge on any atom is -0.260 e. The standard InChI is InChI=1S/C10H13BrClN/c1-3-9(7(2)12)10-5-4-8(11)6-13-10/h4-7,9H,3H2,1-2H3. The van der Waals surface area contributed by atoms with Crippen LogP contribution in [0, 0.1) is 0 Å². The molecule has 1 nitrogen and oxygen atoms in total. The normalized spacial score (nSPS) is 15.4. The molecular weight excluding hydrogens is 249 g/mol. The summed E-state index contributed by atoms with van der Waals surface area (Å²) in [5, 5.41) is 0.138. The second-order valence-corrected chi connectivity index (χ2v) is 4.70. The van der Waals surface area contributed by atoms with Crippen LogP contribution in [-0.4, -0.2) is 10.4 Å². The van der Waals surface area contributed by atoms with E-state index in [4.69, 9.17) is 11.6 Å². The fourth-order valence-corrected chi connectivity index (χ4v) is 1.92. The highest BCUT2D eigenvalue weighted by Crippen LogP contribution is 2.25. The first-order chi connectivity index (χ1) is 6.15. The van der Waals surface area contributed by atoms with Crippen LogP contribution in [-0.2, 0) is 0 Å². The maximum Gasteiger partial charge on any atom is 0.0449 e. The summed E-state index contributed by atoms with van der Waals surface area (Å²) in [5.74, 6) is 0.356. The van der Waals surface area contributed by atoms with Gasteiger partial charge in [-0.2, -0.15) is 0 Å². The van der Waals surface area contributed by atoms with E-state index < -0.39 is 0 Å².